The number of halogens is 1. The van der Waals surface area contributed by atoms with Crippen molar-refractivity contribution in [3.05, 3.63) is 0 Å². The first-order chi connectivity index (χ1) is 13.3. The van der Waals surface area contributed by atoms with Crippen LogP contribution in [0.5, 0.6) is 0 Å². The number of amides is 1. The van der Waals surface area contributed by atoms with Gasteiger partial charge in [-0.3, -0.25) is 9.79 Å². The number of likely N-dealkylation sites (tertiary alicyclic amines) is 1. The maximum absolute atomic E-state index is 12.5. The van der Waals surface area contributed by atoms with Crippen LogP contribution in [-0.4, -0.2) is 82.6 Å². The van der Waals surface area contributed by atoms with E-state index in [2.05, 4.69) is 29.5 Å². The molecular formula is C19H39IN4O4S. The molecule has 0 saturated carbocycles. The van der Waals surface area contributed by atoms with Crippen molar-refractivity contribution in [2.24, 2.45) is 10.9 Å². The fourth-order valence-corrected chi connectivity index (χ4v) is 3.61. The van der Waals surface area contributed by atoms with E-state index in [1.165, 1.54) is 6.26 Å². The quantitative estimate of drug-likeness (QED) is 0.177. The van der Waals surface area contributed by atoms with Crippen molar-refractivity contribution in [2.75, 3.05) is 51.4 Å². The summed E-state index contributed by atoms with van der Waals surface area (Å²) in [4.78, 5) is 19.0. The second-order valence-electron chi connectivity index (χ2n) is 7.26. The minimum Gasteiger partial charge on any atom is -0.378 e. The number of guanidine groups is 1. The summed E-state index contributed by atoms with van der Waals surface area (Å²) in [6.07, 6.45) is 4.81. The number of sulfone groups is 1. The number of rotatable bonds is 11. The molecule has 1 fully saturated rings. The Morgan fingerprint density at radius 1 is 1.17 bits per heavy atom. The normalized spacial score (nSPS) is 15.9. The van der Waals surface area contributed by atoms with Gasteiger partial charge in [-0.25, -0.2) is 8.42 Å². The average molecular weight is 547 g/mol. The Morgan fingerprint density at radius 2 is 1.79 bits per heavy atom. The molecule has 0 atom stereocenters. The maximum atomic E-state index is 12.5. The van der Waals surface area contributed by atoms with E-state index in [-0.39, 0.29) is 54.2 Å². The summed E-state index contributed by atoms with van der Waals surface area (Å²) in [6.45, 7) is 9.52. The molecule has 1 aliphatic rings. The molecule has 172 valence electrons. The van der Waals surface area contributed by atoms with E-state index >= 15 is 0 Å². The summed E-state index contributed by atoms with van der Waals surface area (Å²) >= 11 is 0. The van der Waals surface area contributed by atoms with Crippen molar-refractivity contribution in [3.63, 3.8) is 0 Å². The highest BCUT2D eigenvalue weighted by Gasteiger charge is 2.26. The van der Waals surface area contributed by atoms with Crippen LogP contribution in [-0.2, 0) is 19.4 Å². The highest BCUT2D eigenvalue weighted by molar-refractivity contribution is 14.0. The number of hydrogen-bond donors (Lipinski definition) is 2. The lowest BCUT2D eigenvalue weighted by Crippen LogP contribution is -2.50. The Balaban J connectivity index is 0.00000784. The lowest BCUT2D eigenvalue weighted by atomic mass is 9.98. The van der Waals surface area contributed by atoms with Gasteiger partial charge in [-0.05, 0) is 32.6 Å². The number of piperidine rings is 1. The van der Waals surface area contributed by atoms with Gasteiger partial charge in [0.25, 0.3) is 0 Å². The molecule has 29 heavy (non-hydrogen) atoms. The van der Waals surface area contributed by atoms with E-state index in [0.29, 0.717) is 13.2 Å². The Morgan fingerprint density at radius 3 is 2.31 bits per heavy atom. The summed E-state index contributed by atoms with van der Waals surface area (Å²) in [5.41, 5.74) is 0. The van der Waals surface area contributed by atoms with Crippen molar-refractivity contribution in [2.45, 2.75) is 52.5 Å². The zero-order chi connectivity index (χ0) is 21.0. The zero-order valence-corrected chi connectivity index (χ0v) is 21.4. The van der Waals surface area contributed by atoms with Gasteiger partial charge in [-0.15, -0.1) is 24.0 Å². The molecule has 1 saturated heterocycles. The third kappa shape index (κ3) is 12.0. The van der Waals surface area contributed by atoms with Gasteiger partial charge in [-0.1, -0.05) is 13.8 Å². The number of nitrogens with one attached hydrogen (secondary N) is 2. The van der Waals surface area contributed by atoms with Crippen LogP contribution in [0.15, 0.2) is 4.99 Å². The summed E-state index contributed by atoms with van der Waals surface area (Å²) in [7, 11) is -2.99. The monoisotopic (exact) mass is 546 g/mol. The highest BCUT2D eigenvalue weighted by atomic mass is 127. The Kier molecular flexibility index (Phi) is 14.9. The smallest absolute Gasteiger partial charge is 0.225 e. The van der Waals surface area contributed by atoms with Gasteiger partial charge in [0.05, 0.1) is 25.5 Å². The van der Waals surface area contributed by atoms with Crippen LogP contribution in [0.2, 0.25) is 0 Å². The minimum atomic E-state index is -2.99. The molecule has 0 aromatic heterocycles. The van der Waals surface area contributed by atoms with Crippen LogP contribution in [0.3, 0.4) is 0 Å². The van der Waals surface area contributed by atoms with E-state index in [1.54, 1.807) is 0 Å². The van der Waals surface area contributed by atoms with Gasteiger partial charge in [0, 0.05) is 37.8 Å². The number of carbonyl (C=O) groups is 1. The third-order valence-corrected chi connectivity index (χ3v) is 5.84. The number of nitrogens with zero attached hydrogens (tertiary/aromatic N) is 2. The predicted octanol–water partition coefficient (Wildman–Crippen LogP) is 1.65. The van der Waals surface area contributed by atoms with E-state index in [9.17, 15) is 13.2 Å². The first-order valence-corrected chi connectivity index (χ1v) is 12.5. The first-order valence-electron chi connectivity index (χ1n) is 10.4. The molecule has 0 spiro atoms. The molecule has 2 N–H and O–H groups in total. The third-order valence-electron chi connectivity index (χ3n) is 4.93. The molecule has 10 heteroatoms. The Hall–Kier alpha value is -0.620. The molecule has 0 aromatic rings. The Labute approximate surface area is 193 Å². The van der Waals surface area contributed by atoms with Crippen LogP contribution < -0.4 is 10.6 Å². The fraction of sp³-hybridized carbons (Fsp3) is 0.895. The van der Waals surface area contributed by atoms with Crippen LogP contribution >= 0.6 is 24.0 Å². The molecular weight excluding hydrogens is 507 g/mol. The second kappa shape index (κ2) is 15.2. The van der Waals surface area contributed by atoms with Crippen LogP contribution in [0.25, 0.3) is 0 Å². The van der Waals surface area contributed by atoms with Crippen LogP contribution in [0, 0.1) is 5.92 Å². The number of hydrogen-bond acceptors (Lipinski definition) is 5. The Bertz CT molecular complexity index is 589. The zero-order valence-electron chi connectivity index (χ0n) is 18.3. The molecule has 0 unspecified atom stereocenters. The predicted molar refractivity (Wildman–Crippen MR) is 129 cm³/mol. The van der Waals surface area contributed by atoms with Gasteiger partial charge < -0.3 is 20.3 Å². The van der Waals surface area contributed by atoms with Crippen molar-refractivity contribution >= 4 is 45.7 Å². The van der Waals surface area contributed by atoms with Crippen LogP contribution in [0.1, 0.15) is 46.5 Å². The topological polar surface area (TPSA) is 100 Å². The molecule has 1 aliphatic heterocycles. The lowest BCUT2D eigenvalue weighted by molar-refractivity contribution is -0.136. The molecule has 0 aromatic carbocycles. The highest BCUT2D eigenvalue weighted by Crippen LogP contribution is 2.17. The van der Waals surface area contributed by atoms with Crippen molar-refractivity contribution in [3.8, 4) is 0 Å². The van der Waals surface area contributed by atoms with E-state index in [4.69, 9.17) is 4.74 Å². The number of carbonyl (C=O) groups excluding carboxylic acids is 1. The van der Waals surface area contributed by atoms with E-state index in [1.807, 2.05) is 11.8 Å². The van der Waals surface area contributed by atoms with E-state index < -0.39 is 9.84 Å². The number of ether oxygens (including phenoxy) is 1. The second-order valence-corrected chi connectivity index (χ2v) is 9.52. The number of aliphatic imine (C=N–C) groups is 1. The van der Waals surface area contributed by atoms with Crippen molar-refractivity contribution in [1.29, 1.82) is 0 Å². The first kappa shape index (κ1) is 28.4. The SMILES string of the molecule is CCNC(=NCCOCCS(C)(=O)=O)NC1CCN(C(=O)C(CC)CC)CC1.I. The average Bonchev–Trinajstić information content (AvgIpc) is 2.65. The maximum Gasteiger partial charge on any atom is 0.225 e. The molecule has 8 nitrogen and oxygen atoms in total. The lowest BCUT2D eigenvalue weighted by Gasteiger charge is -2.34. The summed E-state index contributed by atoms with van der Waals surface area (Å²) in [5.74, 6) is 1.20. The summed E-state index contributed by atoms with van der Waals surface area (Å²) in [6, 6.07) is 0.287. The fourth-order valence-electron chi connectivity index (χ4n) is 3.19. The van der Waals surface area contributed by atoms with Gasteiger partial charge in [-0.2, -0.15) is 0 Å². The largest absolute Gasteiger partial charge is 0.378 e. The van der Waals surface area contributed by atoms with Gasteiger partial charge in [0.15, 0.2) is 5.96 Å². The molecule has 1 heterocycles. The summed E-state index contributed by atoms with van der Waals surface area (Å²) < 4.78 is 27.5. The van der Waals surface area contributed by atoms with Crippen molar-refractivity contribution < 1.29 is 17.9 Å². The summed E-state index contributed by atoms with van der Waals surface area (Å²) in [5, 5.41) is 6.66. The molecule has 1 rings (SSSR count). The molecule has 0 radical (unpaired) electrons. The minimum absolute atomic E-state index is 0. The van der Waals surface area contributed by atoms with Gasteiger partial charge in [0.2, 0.25) is 5.91 Å². The molecule has 0 aliphatic carbocycles. The molecule has 0 bridgehead atoms. The van der Waals surface area contributed by atoms with Crippen LogP contribution in [0.4, 0.5) is 0 Å². The van der Waals surface area contributed by atoms with Crippen molar-refractivity contribution in [1.82, 2.24) is 15.5 Å². The van der Waals surface area contributed by atoms with E-state index in [0.717, 1.165) is 51.3 Å². The standard InChI is InChI=1S/C19H38N4O4S.HI/c1-5-16(6-2)18(24)23-11-8-17(9-12-23)22-19(20-7-3)21-10-13-27-14-15-28(4,25)26;/h16-17H,5-15H2,1-4H3,(H2,20,21,22);1H. The van der Waals surface area contributed by atoms with Gasteiger partial charge >= 0.3 is 0 Å². The van der Waals surface area contributed by atoms with Gasteiger partial charge in [0.1, 0.15) is 9.84 Å². The molecule has 1 amide bonds.